The molecule has 0 radical (unpaired) electrons. The first-order valence-electron chi connectivity index (χ1n) is 6.64. The molecule has 0 fully saturated rings. The number of amides is 2. The molecular weight excluding hydrogens is 272 g/mol. The summed E-state index contributed by atoms with van der Waals surface area (Å²) < 4.78 is 9.90. The van der Waals surface area contributed by atoms with Crippen LogP contribution in [0.3, 0.4) is 0 Å². The summed E-state index contributed by atoms with van der Waals surface area (Å²) in [7, 11) is 3.12. The van der Waals surface area contributed by atoms with Crippen molar-refractivity contribution in [1.29, 1.82) is 0 Å². The lowest BCUT2D eigenvalue weighted by Crippen LogP contribution is -2.45. The maximum atomic E-state index is 12.2. The molecule has 0 aromatic heterocycles. The fourth-order valence-electron chi connectivity index (χ4n) is 1.55. The molecule has 2 amide bonds. The molecule has 21 heavy (non-hydrogen) atoms. The summed E-state index contributed by atoms with van der Waals surface area (Å²) in [4.78, 5) is 24.3. The second kappa shape index (κ2) is 7.64. The first-order valence-corrected chi connectivity index (χ1v) is 6.64. The quantitative estimate of drug-likeness (QED) is 0.589. The van der Waals surface area contributed by atoms with Crippen LogP contribution in [-0.4, -0.2) is 39.2 Å². The van der Waals surface area contributed by atoms with Gasteiger partial charge in [-0.25, -0.2) is 0 Å². The predicted molar refractivity (Wildman–Crippen MR) is 80.3 cm³/mol. The summed E-state index contributed by atoms with van der Waals surface area (Å²) in [6.45, 7) is 3.93. The van der Waals surface area contributed by atoms with Crippen LogP contribution in [0.25, 0.3) is 0 Å². The van der Waals surface area contributed by atoms with Gasteiger partial charge in [-0.05, 0) is 38.1 Å². The highest BCUT2D eigenvalue weighted by Gasteiger charge is 2.35. The van der Waals surface area contributed by atoms with Gasteiger partial charge < -0.3 is 20.1 Å². The topological polar surface area (TPSA) is 76.7 Å². The molecule has 1 rings (SSSR count). The number of carbonyl (C=O) groups is 2. The number of benzene rings is 1. The van der Waals surface area contributed by atoms with Crippen LogP contribution in [0.2, 0.25) is 0 Å². The standard InChI is InChI=1S/C15H22N2O4/c1-15(2,13(18)16-9-10-20-3)14(19)17-11-5-7-12(21-4)8-6-11/h5-8H,9-10H2,1-4H3,(H,16,18)(H,17,19). The molecule has 0 bridgehead atoms. The van der Waals surface area contributed by atoms with Crippen molar-refractivity contribution in [2.24, 2.45) is 5.41 Å². The Morgan fingerprint density at radius 3 is 2.24 bits per heavy atom. The molecule has 1 aromatic rings. The van der Waals surface area contributed by atoms with Crippen molar-refractivity contribution in [3.8, 4) is 5.75 Å². The number of carbonyl (C=O) groups excluding carboxylic acids is 2. The second-order valence-corrected chi connectivity index (χ2v) is 5.06. The first kappa shape index (κ1) is 17.0. The van der Waals surface area contributed by atoms with Crippen LogP contribution in [0.4, 0.5) is 5.69 Å². The van der Waals surface area contributed by atoms with E-state index in [2.05, 4.69) is 10.6 Å². The molecule has 2 N–H and O–H groups in total. The summed E-state index contributed by atoms with van der Waals surface area (Å²) in [5.41, 5.74) is -0.563. The van der Waals surface area contributed by atoms with Gasteiger partial charge in [0, 0.05) is 19.3 Å². The van der Waals surface area contributed by atoms with Crippen molar-refractivity contribution < 1.29 is 19.1 Å². The van der Waals surface area contributed by atoms with E-state index >= 15 is 0 Å². The minimum atomic E-state index is -1.17. The lowest BCUT2D eigenvalue weighted by Gasteiger charge is -2.22. The van der Waals surface area contributed by atoms with Gasteiger partial charge in [0.05, 0.1) is 13.7 Å². The maximum absolute atomic E-state index is 12.2. The number of nitrogens with one attached hydrogen (secondary N) is 2. The first-order chi connectivity index (χ1) is 9.91. The predicted octanol–water partition coefficient (Wildman–Crippen LogP) is 1.42. The minimum Gasteiger partial charge on any atom is -0.497 e. The summed E-state index contributed by atoms with van der Waals surface area (Å²) in [5, 5.41) is 5.38. The fourth-order valence-corrected chi connectivity index (χ4v) is 1.55. The van der Waals surface area contributed by atoms with Gasteiger partial charge in [0.15, 0.2) is 0 Å². The third kappa shape index (κ3) is 4.75. The van der Waals surface area contributed by atoms with E-state index in [9.17, 15) is 9.59 Å². The highest BCUT2D eigenvalue weighted by Crippen LogP contribution is 2.20. The van der Waals surface area contributed by atoms with Crippen molar-refractivity contribution in [3.63, 3.8) is 0 Å². The Bertz CT molecular complexity index is 483. The minimum absolute atomic E-state index is 0.342. The third-order valence-electron chi connectivity index (χ3n) is 3.07. The van der Waals surface area contributed by atoms with Gasteiger partial charge in [0.1, 0.15) is 11.2 Å². The maximum Gasteiger partial charge on any atom is 0.239 e. The van der Waals surface area contributed by atoms with Gasteiger partial charge >= 0.3 is 0 Å². The van der Waals surface area contributed by atoms with Gasteiger partial charge in [-0.15, -0.1) is 0 Å². The van der Waals surface area contributed by atoms with Crippen molar-refractivity contribution in [1.82, 2.24) is 5.32 Å². The molecule has 0 aliphatic carbocycles. The molecule has 0 aliphatic heterocycles. The number of hydrogen-bond acceptors (Lipinski definition) is 4. The van der Waals surface area contributed by atoms with Crippen molar-refractivity contribution >= 4 is 17.5 Å². The summed E-state index contributed by atoms with van der Waals surface area (Å²) in [6.07, 6.45) is 0. The molecule has 0 unspecified atom stereocenters. The highest BCUT2D eigenvalue weighted by molar-refractivity contribution is 6.09. The second-order valence-electron chi connectivity index (χ2n) is 5.06. The normalized spacial score (nSPS) is 10.9. The summed E-state index contributed by atoms with van der Waals surface area (Å²) in [6, 6.07) is 6.91. The average Bonchev–Trinajstić information content (AvgIpc) is 2.48. The van der Waals surface area contributed by atoms with E-state index < -0.39 is 5.41 Å². The number of hydrogen-bond donors (Lipinski definition) is 2. The number of anilines is 1. The molecule has 1 aromatic carbocycles. The zero-order chi connectivity index (χ0) is 15.9. The van der Waals surface area contributed by atoms with E-state index in [1.54, 1.807) is 52.3 Å². The van der Waals surface area contributed by atoms with Gasteiger partial charge in [-0.3, -0.25) is 9.59 Å². The van der Waals surface area contributed by atoms with Crippen LogP contribution in [0.1, 0.15) is 13.8 Å². The smallest absolute Gasteiger partial charge is 0.239 e. The van der Waals surface area contributed by atoms with E-state index in [4.69, 9.17) is 9.47 Å². The summed E-state index contributed by atoms with van der Waals surface area (Å²) in [5.74, 6) is -0.0160. The molecule has 0 heterocycles. The SMILES string of the molecule is COCCNC(=O)C(C)(C)C(=O)Nc1ccc(OC)cc1. The average molecular weight is 294 g/mol. The summed E-state index contributed by atoms with van der Waals surface area (Å²) >= 11 is 0. The van der Waals surface area contributed by atoms with Crippen LogP contribution in [0, 0.1) is 5.41 Å². The van der Waals surface area contributed by atoms with Gasteiger partial charge in [0.2, 0.25) is 11.8 Å². The fraction of sp³-hybridized carbons (Fsp3) is 0.467. The van der Waals surface area contributed by atoms with E-state index in [1.165, 1.54) is 0 Å². The monoisotopic (exact) mass is 294 g/mol. The Hall–Kier alpha value is -2.08. The largest absolute Gasteiger partial charge is 0.497 e. The molecule has 0 spiro atoms. The van der Waals surface area contributed by atoms with Crippen LogP contribution >= 0.6 is 0 Å². The molecule has 0 atom stereocenters. The highest BCUT2D eigenvalue weighted by atomic mass is 16.5. The molecule has 0 saturated heterocycles. The zero-order valence-electron chi connectivity index (χ0n) is 12.9. The van der Waals surface area contributed by atoms with E-state index in [0.29, 0.717) is 24.6 Å². The van der Waals surface area contributed by atoms with Gasteiger partial charge in [-0.2, -0.15) is 0 Å². The van der Waals surface area contributed by atoms with Crippen molar-refractivity contribution in [2.45, 2.75) is 13.8 Å². The lowest BCUT2D eigenvalue weighted by molar-refractivity contribution is -0.138. The Morgan fingerprint density at radius 1 is 1.10 bits per heavy atom. The van der Waals surface area contributed by atoms with E-state index in [-0.39, 0.29) is 11.8 Å². The van der Waals surface area contributed by atoms with E-state index in [1.807, 2.05) is 0 Å². The van der Waals surface area contributed by atoms with Crippen LogP contribution in [-0.2, 0) is 14.3 Å². The number of ether oxygens (including phenoxy) is 2. The van der Waals surface area contributed by atoms with Crippen LogP contribution < -0.4 is 15.4 Å². The van der Waals surface area contributed by atoms with Crippen molar-refractivity contribution in [2.75, 3.05) is 32.7 Å². The molecule has 6 nitrogen and oxygen atoms in total. The Balaban J connectivity index is 2.64. The van der Waals surface area contributed by atoms with Gasteiger partial charge in [-0.1, -0.05) is 0 Å². The molecule has 0 saturated carbocycles. The van der Waals surface area contributed by atoms with Crippen LogP contribution in [0.5, 0.6) is 5.75 Å². The molecule has 6 heteroatoms. The Labute approximate surface area is 124 Å². The number of methoxy groups -OCH3 is 2. The van der Waals surface area contributed by atoms with Gasteiger partial charge in [0.25, 0.3) is 0 Å². The third-order valence-corrected chi connectivity index (χ3v) is 3.07. The van der Waals surface area contributed by atoms with E-state index in [0.717, 1.165) is 0 Å². The Kier molecular flexibility index (Phi) is 6.17. The Morgan fingerprint density at radius 2 is 1.71 bits per heavy atom. The van der Waals surface area contributed by atoms with Crippen molar-refractivity contribution in [3.05, 3.63) is 24.3 Å². The number of rotatable bonds is 7. The zero-order valence-corrected chi connectivity index (χ0v) is 12.9. The lowest BCUT2D eigenvalue weighted by atomic mass is 9.91. The molecule has 116 valence electrons. The van der Waals surface area contributed by atoms with Crippen LogP contribution in [0.15, 0.2) is 24.3 Å². The molecular formula is C15H22N2O4. The molecule has 0 aliphatic rings.